The number of aryl methyl sites for hydroxylation is 1. The lowest BCUT2D eigenvalue weighted by Gasteiger charge is -2.14. The van der Waals surface area contributed by atoms with Gasteiger partial charge in [0.25, 0.3) is 5.56 Å². The largest absolute Gasteiger partial charge is 0.497 e. The minimum Gasteiger partial charge on any atom is -0.497 e. The summed E-state index contributed by atoms with van der Waals surface area (Å²) in [6.45, 7) is 2.18. The van der Waals surface area contributed by atoms with E-state index < -0.39 is 0 Å². The van der Waals surface area contributed by atoms with Crippen molar-refractivity contribution in [1.29, 1.82) is 0 Å². The van der Waals surface area contributed by atoms with Gasteiger partial charge in [-0.3, -0.25) is 14.2 Å². The molecular formula is C27H25N3O4S. The Labute approximate surface area is 207 Å². The van der Waals surface area contributed by atoms with Gasteiger partial charge in [-0.2, -0.15) is 5.10 Å². The molecule has 0 unspecified atom stereocenters. The van der Waals surface area contributed by atoms with E-state index in [0.29, 0.717) is 22.1 Å². The zero-order valence-corrected chi connectivity index (χ0v) is 20.2. The number of hydrazone groups is 1. The average molecular weight is 488 g/mol. The summed E-state index contributed by atoms with van der Waals surface area (Å²) in [6, 6.07) is 22.2. The van der Waals surface area contributed by atoms with Crippen LogP contribution in [0.2, 0.25) is 0 Å². The van der Waals surface area contributed by atoms with Gasteiger partial charge in [0.1, 0.15) is 5.75 Å². The van der Waals surface area contributed by atoms with Crippen LogP contribution in [0.25, 0.3) is 10.8 Å². The molecule has 35 heavy (non-hydrogen) atoms. The molecule has 0 aliphatic carbocycles. The Kier molecular flexibility index (Phi) is 7.52. The molecule has 8 heteroatoms. The van der Waals surface area contributed by atoms with Crippen LogP contribution in [0.4, 0.5) is 0 Å². The molecule has 0 saturated carbocycles. The van der Waals surface area contributed by atoms with E-state index in [2.05, 4.69) is 10.5 Å². The summed E-state index contributed by atoms with van der Waals surface area (Å²) in [5.41, 5.74) is 4.51. The van der Waals surface area contributed by atoms with Crippen molar-refractivity contribution in [2.24, 2.45) is 5.10 Å². The van der Waals surface area contributed by atoms with Crippen molar-refractivity contribution in [1.82, 2.24) is 9.99 Å². The van der Waals surface area contributed by atoms with Gasteiger partial charge in [-0.05, 0) is 42.8 Å². The molecule has 7 nitrogen and oxygen atoms in total. The fraction of sp³-hybridized carbons (Fsp3) is 0.148. The average Bonchev–Trinajstić information content (AvgIpc) is 2.88. The highest BCUT2D eigenvalue weighted by molar-refractivity contribution is 8.00. The van der Waals surface area contributed by atoms with Gasteiger partial charge in [0.2, 0.25) is 11.8 Å². The molecule has 0 aliphatic heterocycles. The van der Waals surface area contributed by atoms with E-state index in [9.17, 15) is 14.7 Å². The molecule has 0 spiro atoms. The van der Waals surface area contributed by atoms with Crippen LogP contribution < -0.4 is 15.7 Å². The highest BCUT2D eigenvalue weighted by Crippen LogP contribution is 2.24. The summed E-state index contributed by atoms with van der Waals surface area (Å²) in [5, 5.41) is 16.0. The molecule has 0 fully saturated rings. The Morgan fingerprint density at radius 3 is 2.43 bits per heavy atom. The Morgan fingerprint density at radius 2 is 1.74 bits per heavy atom. The van der Waals surface area contributed by atoms with Crippen molar-refractivity contribution in [2.45, 2.75) is 18.4 Å². The van der Waals surface area contributed by atoms with E-state index in [0.717, 1.165) is 16.0 Å². The second kappa shape index (κ2) is 10.9. The van der Waals surface area contributed by atoms with E-state index in [-0.39, 0.29) is 29.6 Å². The predicted molar refractivity (Wildman–Crippen MR) is 140 cm³/mol. The molecule has 2 N–H and O–H groups in total. The van der Waals surface area contributed by atoms with Gasteiger partial charge in [-0.15, -0.1) is 11.8 Å². The summed E-state index contributed by atoms with van der Waals surface area (Å²) >= 11 is 1.41. The van der Waals surface area contributed by atoms with Gasteiger partial charge in [0.05, 0.1) is 31.2 Å². The van der Waals surface area contributed by atoms with Crippen LogP contribution in [-0.4, -0.2) is 34.7 Å². The lowest BCUT2D eigenvalue weighted by Crippen LogP contribution is -2.23. The molecule has 1 aromatic heterocycles. The Bertz CT molecular complexity index is 1430. The van der Waals surface area contributed by atoms with Crippen molar-refractivity contribution >= 4 is 34.7 Å². The second-order valence-electron chi connectivity index (χ2n) is 7.92. The maximum atomic E-state index is 13.1. The molecule has 1 amide bonds. The first-order chi connectivity index (χ1) is 17.0. The molecule has 3 aromatic carbocycles. The lowest BCUT2D eigenvalue weighted by atomic mass is 10.1. The quantitative estimate of drug-likeness (QED) is 0.219. The number of hydrogen-bond acceptors (Lipinski definition) is 6. The van der Waals surface area contributed by atoms with Crippen LogP contribution in [0.1, 0.15) is 16.7 Å². The zero-order chi connectivity index (χ0) is 24.8. The summed E-state index contributed by atoms with van der Waals surface area (Å²) < 4.78 is 6.48. The highest BCUT2D eigenvalue weighted by atomic mass is 32.2. The first kappa shape index (κ1) is 24.1. The number of aromatic hydroxyl groups is 1. The molecule has 0 bridgehead atoms. The number of rotatable bonds is 8. The van der Waals surface area contributed by atoms with Crippen LogP contribution in [0.3, 0.4) is 0 Å². The Morgan fingerprint density at radius 1 is 1.06 bits per heavy atom. The normalized spacial score (nSPS) is 11.1. The Hall–Kier alpha value is -4.04. The Balaban J connectivity index is 1.56. The second-order valence-corrected chi connectivity index (χ2v) is 8.97. The van der Waals surface area contributed by atoms with Crippen LogP contribution in [-0.2, 0) is 11.3 Å². The summed E-state index contributed by atoms with van der Waals surface area (Å²) in [7, 11) is 1.58. The van der Waals surface area contributed by atoms with Crippen LogP contribution in [0, 0.1) is 6.92 Å². The number of nitrogens with one attached hydrogen (secondary N) is 1. The number of hydrogen-bond donors (Lipinski definition) is 2. The molecular weight excluding hydrogens is 462 g/mol. The highest BCUT2D eigenvalue weighted by Gasteiger charge is 2.15. The smallest absolute Gasteiger partial charge is 0.261 e. The zero-order valence-electron chi connectivity index (χ0n) is 19.4. The van der Waals surface area contributed by atoms with E-state index >= 15 is 0 Å². The molecule has 178 valence electrons. The number of methoxy groups -OCH3 is 1. The van der Waals surface area contributed by atoms with Crippen molar-refractivity contribution in [3.63, 3.8) is 0 Å². The first-order valence-corrected chi connectivity index (χ1v) is 11.9. The van der Waals surface area contributed by atoms with Gasteiger partial charge in [-0.1, -0.05) is 48.0 Å². The number of fused-ring (bicyclic) bond motifs is 1. The van der Waals surface area contributed by atoms with Crippen LogP contribution >= 0.6 is 11.8 Å². The van der Waals surface area contributed by atoms with Crippen LogP contribution in [0.5, 0.6) is 11.6 Å². The van der Waals surface area contributed by atoms with Gasteiger partial charge in [-0.25, -0.2) is 5.43 Å². The van der Waals surface area contributed by atoms with Crippen molar-refractivity contribution < 1.29 is 14.6 Å². The van der Waals surface area contributed by atoms with E-state index in [1.807, 2.05) is 43.3 Å². The third-order valence-electron chi connectivity index (χ3n) is 5.46. The standard InChI is InChI=1S/C27H25N3O4S/c1-18-7-13-21(14-8-18)35-17-25(31)29-28-15-24-22-5-3-4-6-23(22)26(32)30(27(24)33)16-19-9-11-20(34-2)12-10-19/h3-15,33H,16-17H2,1-2H3,(H,29,31). The number of benzene rings is 3. The fourth-order valence-corrected chi connectivity index (χ4v) is 4.27. The van der Waals surface area contributed by atoms with E-state index in [1.165, 1.54) is 22.5 Å². The molecule has 1 heterocycles. The van der Waals surface area contributed by atoms with Gasteiger partial charge < -0.3 is 9.84 Å². The third-order valence-corrected chi connectivity index (χ3v) is 6.47. The minimum atomic E-state index is -0.315. The first-order valence-electron chi connectivity index (χ1n) is 10.9. The molecule has 0 saturated heterocycles. The number of amides is 1. The molecule has 4 rings (SSSR count). The summed E-state index contributed by atoms with van der Waals surface area (Å²) in [4.78, 5) is 26.4. The number of thioether (sulfide) groups is 1. The van der Waals surface area contributed by atoms with Crippen molar-refractivity contribution in [3.8, 4) is 11.6 Å². The van der Waals surface area contributed by atoms with E-state index in [1.54, 1.807) is 43.5 Å². The topological polar surface area (TPSA) is 92.9 Å². The number of pyridine rings is 1. The molecule has 0 atom stereocenters. The number of nitrogens with zero attached hydrogens (tertiary/aromatic N) is 2. The number of carbonyl (C=O) groups excluding carboxylic acids is 1. The maximum absolute atomic E-state index is 13.1. The van der Waals surface area contributed by atoms with Crippen molar-refractivity contribution in [2.75, 3.05) is 12.9 Å². The monoisotopic (exact) mass is 487 g/mol. The fourth-order valence-electron chi connectivity index (χ4n) is 3.58. The summed E-state index contributed by atoms with van der Waals surface area (Å²) in [5.74, 6) is 0.399. The predicted octanol–water partition coefficient (Wildman–Crippen LogP) is 4.31. The molecule has 0 aliphatic rings. The molecule has 0 radical (unpaired) electrons. The van der Waals surface area contributed by atoms with E-state index in [4.69, 9.17) is 4.74 Å². The van der Waals surface area contributed by atoms with Crippen molar-refractivity contribution in [3.05, 3.63) is 99.8 Å². The molecule has 4 aromatic rings. The SMILES string of the molecule is COc1ccc(Cn2c(O)c(C=NNC(=O)CSc3ccc(C)cc3)c3ccccc3c2=O)cc1. The number of ether oxygens (including phenoxy) is 1. The number of aromatic nitrogens is 1. The minimum absolute atomic E-state index is 0.167. The third kappa shape index (κ3) is 5.73. The van der Waals surface area contributed by atoms with Gasteiger partial charge >= 0.3 is 0 Å². The van der Waals surface area contributed by atoms with Gasteiger partial charge in [0, 0.05) is 15.7 Å². The number of carbonyl (C=O) groups is 1. The van der Waals surface area contributed by atoms with Crippen LogP contribution in [0.15, 0.2) is 87.6 Å². The summed E-state index contributed by atoms with van der Waals surface area (Å²) in [6.07, 6.45) is 1.37. The lowest BCUT2D eigenvalue weighted by molar-refractivity contribution is -0.118. The van der Waals surface area contributed by atoms with Gasteiger partial charge in [0.15, 0.2) is 0 Å². The maximum Gasteiger partial charge on any atom is 0.261 e.